The molecule has 1 atom stereocenters. The molecule has 0 radical (unpaired) electrons. The molecule has 1 fully saturated rings. The van der Waals surface area contributed by atoms with Gasteiger partial charge >= 0.3 is 5.97 Å². The van der Waals surface area contributed by atoms with E-state index in [1.54, 1.807) is 6.92 Å². The van der Waals surface area contributed by atoms with Crippen molar-refractivity contribution in [2.24, 2.45) is 5.92 Å². The summed E-state index contributed by atoms with van der Waals surface area (Å²) in [7, 11) is 0. The summed E-state index contributed by atoms with van der Waals surface area (Å²) in [6.45, 7) is 3.92. The molecule has 1 saturated carbocycles. The van der Waals surface area contributed by atoms with Gasteiger partial charge in [0.25, 0.3) is 5.92 Å². The number of unbranched alkanes of at least 4 members (excludes halogenated alkanes) is 5. The predicted molar refractivity (Wildman–Crippen MR) is 104 cm³/mol. The highest BCUT2D eigenvalue weighted by molar-refractivity contribution is 5.80. The molecule has 1 rings (SSSR count). The maximum absolute atomic E-state index is 13.6. The summed E-state index contributed by atoms with van der Waals surface area (Å²) < 4.78 is 27.1. The lowest BCUT2D eigenvalue weighted by molar-refractivity contribution is -0.301. The molecule has 0 bridgehead atoms. The van der Waals surface area contributed by atoms with Crippen molar-refractivity contribution in [3.05, 3.63) is 0 Å². The Bertz CT molecular complexity index is 452. The lowest BCUT2D eigenvalue weighted by Crippen LogP contribution is -2.48. The van der Waals surface area contributed by atoms with Gasteiger partial charge in [0.15, 0.2) is 0 Å². The Morgan fingerprint density at radius 3 is 2.14 bits per heavy atom. The molecule has 0 unspecified atom stereocenters. The summed E-state index contributed by atoms with van der Waals surface area (Å²) in [5, 5.41) is 27.3. The third-order valence-electron chi connectivity index (χ3n) is 5.17. The van der Waals surface area contributed by atoms with Crippen LogP contribution in [-0.2, 0) is 9.59 Å². The number of ketones is 1. The Kier molecular flexibility index (Phi) is 13.5. The number of carbonyl (C=O) groups excluding carboxylic acids is 1. The fourth-order valence-electron chi connectivity index (χ4n) is 3.20. The van der Waals surface area contributed by atoms with Gasteiger partial charge in [0.05, 0.1) is 0 Å². The molecule has 0 aromatic heterocycles. The van der Waals surface area contributed by atoms with Crippen LogP contribution in [0.25, 0.3) is 0 Å². The monoisotopic (exact) mass is 408 g/mol. The maximum Gasteiger partial charge on any atom is 0.303 e. The zero-order valence-corrected chi connectivity index (χ0v) is 17.4. The minimum Gasteiger partial charge on any atom is -0.481 e. The molecule has 5 nitrogen and oxygen atoms in total. The van der Waals surface area contributed by atoms with Crippen LogP contribution in [-0.4, -0.2) is 38.8 Å². The van der Waals surface area contributed by atoms with Gasteiger partial charge in [-0.3, -0.25) is 9.59 Å². The van der Waals surface area contributed by atoms with Crippen molar-refractivity contribution in [2.75, 3.05) is 0 Å². The molecule has 1 aliphatic carbocycles. The number of carbonyl (C=O) groups is 2. The molecule has 28 heavy (non-hydrogen) atoms. The van der Waals surface area contributed by atoms with Crippen LogP contribution in [0.1, 0.15) is 104 Å². The lowest BCUT2D eigenvalue weighted by atomic mass is 9.92. The number of hydrogen-bond acceptors (Lipinski definition) is 4. The first-order valence-corrected chi connectivity index (χ1v) is 10.6. The summed E-state index contributed by atoms with van der Waals surface area (Å²) in [6, 6.07) is 0. The SMILES string of the molecule is CCCCC(F)(F)C(O)(O)CC[C@H]1CCC(=O)C1.CCCCCCCC(=O)O. The van der Waals surface area contributed by atoms with Crippen molar-refractivity contribution in [1.82, 2.24) is 0 Å². The van der Waals surface area contributed by atoms with Crippen LogP contribution < -0.4 is 0 Å². The number of halogens is 2. The average Bonchev–Trinajstić information content (AvgIpc) is 3.04. The smallest absolute Gasteiger partial charge is 0.303 e. The first-order valence-electron chi connectivity index (χ1n) is 10.6. The largest absolute Gasteiger partial charge is 0.481 e. The average molecular weight is 409 g/mol. The number of aliphatic hydroxyl groups is 2. The molecule has 3 N–H and O–H groups in total. The van der Waals surface area contributed by atoms with Gasteiger partial charge in [-0.25, -0.2) is 8.78 Å². The molecule has 7 heteroatoms. The number of carboxylic acids is 1. The summed E-state index contributed by atoms with van der Waals surface area (Å²) in [6.07, 6.45) is 7.66. The van der Waals surface area contributed by atoms with Gasteiger partial charge < -0.3 is 15.3 Å². The number of rotatable bonds is 13. The minimum atomic E-state index is -3.48. The number of alkyl halides is 2. The van der Waals surface area contributed by atoms with Crippen molar-refractivity contribution in [3.63, 3.8) is 0 Å². The van der Waals surface area contributed by atoms with Crippen molar-refractivity contribution in [2.45, 2.75) is 115 Å². The van der Waals surface area contributed by atoms with Gasteiger partial charge in [-0.05, 0) is 31.6 Å². The van der Waals surface area contributed by atoms with E-state index in [1.165, 1.54) is 19.3 Å². The van der Waals surface area contributed by atoms with E-state index in [9.17, 15) is 28.6 Å². The molecule has 0 amide bonds. The van der Waals surface area contributed by atoms with Gasteiger partial charge in [-0.2, -0.15) is 0 Å². The van der Waals surface area contributed by atoms with Crippen molar-refractivity contribution in [3.8, 4) is 0 Å². The van der Waals surface area contributed by atoms with Crippen LogP contribution >= 0.6 is 0 Å². The third kappa shape index (κ3) is 11.7. The van der Waals surface area contributed by atoms with Crippen LogP contribution in [0.15, 0.2) is 0 Å². The number of Topliss-reactive ketones (excluding diaryl/α,β-unsaturated/α-hetero) is 1. The zero-order chi connectivity index (χ0) is 21.6. The predicted octanol–water partition coefficient (Wildman–Crippen LogP) is 5.07. The highest BCUT2D eigenvalue weighted by atomic mass is 19.3. The van der Waals surface area contributed by atoms with Crippen LogP contribution in [0.3, 0.4) is 0 Å². The molecule has 1 aliphatic rings. The van der Waals surface area contributed by atoms with E-state index in [0.29, 0.717) is 32.1 Å². The normalized spacial score (nSPS) is 17.4. The van der Waals surface area contributed by atoms with Crippen LogP contribution in [0, 0.1) is 5.92 Å². The third-order valence-corrected chi connectivity index (χ3v) is 5.17. The highest BCUT2D eigenvalue weighted by Gasteiger charge is 2.50. The Morgan fingerprint density at radius 2 is 1.64 bits per heavy atom. The topological polar surface area (TPSA) is 94.8 Å². The van der Waals surface area contributed by atoms with E-state index in [-0.39, 0.29) is 31.0 Å². The Balaban J connectivity index is 0.000000621. The second kappa shape index (κ2) is 14.0. The summed E-state index contributed by atoms with van der Waals surface area (Å²) in [4.78, 5) is 21.1. The quantitative estimate of drug-likeness (QED) is 0.292. The molecule has 0 aliphatic heterocycles. The van der Waals surface area contributed by atoms with E-state index in [0.717, 1.165) is 12.8 Å². The highest BCUT2D eigenvalue weighted by Crippen LogP contribution is 2.37. The number of hydrogen-bond donors (Lipinski definition) is 3. The van der Waals surface area contributed by atoms with Gasteiger partial charge in [0.1, 0.15) is 5.78 Å². The standard InChI is InChI=1S/C13H22F2O3.C8H16O2/c1-2-3-7-12(14,15)13(17,18)8-6-10-4-5-11(16)9-10;1-2-3-4-5-6-7-8(9)10/h10,17-18H,2-9H2,1H3;2-7H2,1H3,(H,9,10)/t10-;/m1./s1. The summed E-state index contributed by atoms with van der Waals surface area (Å²) in [5.41, 5.74) is 0. The van der Waals surface area contributed by atoms with Gasteiger partial charge in [-0.1, -0.05) is 46.0 Å². The molecule has 0 heterocycles. The van der Waals surface area contributed by atoms with Crippen molar-refractivity contribution < 1.29 is 33.7 Å². The second-order valence-electron chi connectivity index (χ2n) is 7.87. The molecule has 0 aromatic carbocycles. The van der Waals surface area contributed by atoms with Gasteiger partial charge in [0.2, 0.25) is 5.79 Å². The van der Waals surface area contributed by atoms with Crippen LogP contribution in [0.4, 0.5) is 8.78 Å². The Hall–Kier alpha value is -1.08. The van der Waals surface area contributed by atoms with Gasteiger partial charge in [0, 0.05) is 32.1 Å². The van der Waals surface area contributed by atoms with E-state index < -0.39 is 24.1 Å². The molecular formula is C21H38F2O5. The fraction of sp³-hybridized carbons (Fsp3) is 0.905. The first kappa shape index (κ1) is 26.9. The molecule has 0 aromatic rings. The van der Waals surface area contributed by atoms with Crippen molar-refractivity contribution in [1.29, 1.82) is 0 Å². The van der Waals surface area contributed by atoms with E-state index >= 15 is 0 Å². The maximum atomic E-state index is 13.6. The first-order chi connectivity index (χ1) is 13.1. The minimum absolute atomic E-state index is 0.0261. The van der Waals surface area contributed by atoms with E-state index in [1.807, 2.05) is 0 Å². The van der Waals surface area contributed by atoms with Crippen LogP contribution in [0.2, 0.25) is 0 Å². The van der Waals surface area contributed by atoms with Gasteiger partial charge in [-0.15, -0.1) is 0 Å². The molecule has 0 saturated heterocycles. The zero-order valence-electron chi connectivity index (χ0n) is 17.4. The lowest BCUT2D eigenvalue weighted by Gasteiger charge is -2.31. The molecule has 166 valence electrons. The van der Waals surface area contributed by atoms with E-state index in [2.05, 4.69) is 6.92 Å². The van der Waals surface area contributed by atoms with Crippen LogP contribution in [0.5, 0.6) is 0 Å². The second-order valence-corrected chi connectivity index (χ2v) is 7.87. The fourth-order valence-corrected chi connectivity index (χ4v) is 3.20. The van der Waals surface area contributed by atoms with E-state index in [4.69, 9.17) is 5.11 Å². The summed E-state index contributed by atoms with van der Waals surface area (Å²) >= 11 is 0. The molecule has 0 spiro atoms. The Labute approximate surface area is 167 Å². The Morgan fingerprint density at radius 1 is 1.04 bits per heavy atom. The number of aliphatic carboxylic acids is 1. The summed E-state index contributed by atoms with van der Waals surface area (Å²) in [5.74, 6) is -6.94. The molecular weight excluding hydrogens is 370 g/mol. The van der Waals surface area contributed by atoms with Crippen molar-refractivity contribution >= 4 is 11.8 Å². The number of carboxylic acid groups (broad SMARTS) is 1.